The standard InChI is InChI=1S/C7H17NOS/c1-4-9-6-10-5-7(2,3)8/h4-6,8H2,1-3H3. The molecule has 10 heavy (non-hydrogen) atoms. The highest BCUT2D eigenvalue weighted by molar-refractivity contribution is 7.99. The molecule has 0 spiro atoms. The summed E-state index contributed by atoms with van der Waals surface area (Å²) in [5.74, 6) is 1.71. The quantitative estimate of drug-likeness (QED) is 0.492. The topological polar surface area (TPSA) is 35.2 Å². The Morgan fingerprint density at radius 1 is 1.50 bits per heavy atom. The third kappa shape index (κ3) is 8.27. The maximum Gasteiger partial charge on any atom is 0.0921 e. The predicted molar refractivity (Wildman–Crippen MR) is 47.2 cm³/mol. The minimum absolute atomic E-state index is 0.0677. The average molecular weight is 163 g/mol. The Bertz CT molecular complexity index is 80.2. The van der Waals surface area contributed by atoms with Crippen LogP contribution in [0.15, 0.2) is 0 Å². The first kappa shape index (κ1) is 10.3. The molecule has 0 radical (unpaired) electrons. The van der Waals surface area contributed by atoms with Crippen molar-refractivity contribution < 1.29 is 4.74 Å². The van der Waals surface area contributed by atoms with E-state index >= 15 is 0 Å². The van der Waals surface area contributed by atoms with Gasteiger partial charge in [-0.05, 0) is 20.8 Å². The number of hydrogen-bond donors (Lipinski definition) is 1. The summed E-state index contributed by atoms with van der Waals surface area (Å²) in [6.45, 7) is 6.82. The van der Waals surface area contributed by atoms with Crippen LogP contribution in [0.2, 0.25) is 0 Å². The molecule has 0 aromatic heterocycles. The first-order valence-corrected chi connectivity index (χ1v) is 4.66. The first-order chi connectivity index (χ1) is 4.56. The lowest BCUT2D eigenvalue weighted by Gasteiger charge is -2.16. The van der Waals surface area contributed by atoms with Gasteiger partial charge in [0.15, 0.2) is 0 Å². The highest BCUT2D eigenvalue weighted by Gasteiger charge is 2.09. The molecule has 0 aliphatic carbocycles. The number of ether oxygens (including phenoxy) is 1. The average Bonchev–Trinajstić information content (AvgIpc) is 1.78. The zero-order valence-electron chi connectivity index (χ0n) is 7.02. The molecule has 2 N–H and O–H groups in total. The summed E-state index contributed by atoms with van der Waals surface area (Å²) in [4.78, 5) is 0. The second-order valence-electron chi connectivity index (χ2n) is 2.95. The van der Waals surface area contributed by atoms with E-state index in [-0.39, 0.29) is 5.54 Å². The lowest BCUT2D eigenvalue weighted by atomic mass is 10.1. The highest BCUT2D eigenvalue weighted by atomic mass is 32.2. The molecule has 0 rings (SSSR count). The monoisotopic (exact) mass is 163 g/mol. The summed E-state index contributed by atoms with van der Waals surface area (Å²) in [6.07, 6.45) is 0. The van der Waals surface area contributed by atoms with Crippen LogP contribution < -0.4 is 5.73 Å². The van der Waals surface area contributed by atoms with E-state index < -0.39 is 0 Å². The summed E-state index contributed by atoms with van der Waals surface area (Å²) < 4.78 is 5.14. The van der Waals surface area contributed by atoms with Gasteiger partial charge in [0.25, 0.3) is 0 Å². The van der Waals surface area contributed by atoms with Crippen molar-refractivity contribution in [2.24, 2.45) is 5.73 Å². The molecule has 0 unspecified atom stereocenters. The van der Waals surface area contributed by atoms with Gasteiger partial charge >= 0.3 is 0 Å². The smallest absolute Gasteiger partial charge is 0.0921 e. The van der Waals surface area contributed by atoms with E-state index in [2.05, 4.69) is 0 Å². The minimum Gasteiger partial charge on any atom is -0.371 e. The molecule has 0 heterocycles. The molecule has 3 heteroatoms. The molecule has 0 aliphatic heterocycles. The van der Waals surface area contributed by atoms with Gasteiger partial charge in [0.05, 0.1) is 5.94 Å². The number of rotatable bonds is 5. The maximum absolute atomic E-state index is 5.74. The second kappa shape index (κ2) is 4.99. The SMILES string of the molecule is CCOCSCC(C)(C)N. The molecule has 0 aromatic carbocycles. The molecule has 0 aliphatic rings. The molecule has 0 saturated heterocycles. The minimum atomic E-state index is -0.0677. The van der Waals surface area contributed by atoms with Gasteiger partial charge in [-0.3, -0.25) is 0 Å². The van der Waals surface area contributed by atoms with E-state index in [1.54, 1.807) is 11.8 Å². The van der Waals surface area contributed by atoms with Crippen LogP contribution in [0.1, 0.15) is 20.8 Å². The van der Waals surface area contributed by atoms with Gasteiger partial charge < -0.3 is 10.5 Å². The predicted octanol–water partition coefficient (Wildman–Crippen LogP) is 1.45. The van der Waals surface area contributed by atoms with Gasteiger partial charge in [-0.1, -0.05) is 0 Å². The van der Waals surface area contributed by atoms with Crippen LogP contribution in [0.25, 0.3) is 0 Å². The summed E-state index contributed by atoms with van der Waals surface area (Å²) in [7, 11) is 0. The number of thioether (sulfide) groups is 1. The van der Waals surface area contributed by atoms with Gasteiger partial charge in [0.2, 0.25) is 0 Å². The molecule has 0 fully saturated rings. The van der Waals surface area contributed by atoms with Crippen molar-refractivity contribution in [2.75, 3.05) is 18.3 Å². The fraction of sp³-hybridized carbons (Fsp3) is 1.00. The van der Waals surface area contributed by atoms with Gasteiger partial charge in [0, 0.05) is 17.9 Å². The molecular weight excluding hydrogens is 146 g/mol. The summed E-state index contributed by atoms with van der Waals surface area (Å²) >= 11 is 1.74. The molecule has 0 amide bonds. The van der Waals surface area contributed by atoms with Crippen LogP contribution in [0.4, 0.5) is 0 Å². The van der Waals surface area contributed by atoms with E-state index in [1.165, 1.54) is 0 Å². The summed E-state index contributed by atoms with van der Waals surface area (Å²) in [5, 5.41) is 0. The van der Waals surface area contributed by atoms with Crippen molar-refractivity contribution >= 4 is 11.8 Å². The van der Waals surface area contributed by atoms with E-state index in [1.807, 2.05) is 20.8 Å². The Kier molecular flexibility index (Phi) is 5.13. The Hall–Kier alpha value is 0.270. The van der Waals surface area contributed by atoms with Crippen molar-refractivity contribution in [1.82, 2.24) is 0 Å². The molecule has 0 saturated carbocycles. The Balaban J connectivity index is 3.04. The number of nitrogens with two attached hydrogens (primary N) is 1. The van der Waals surface area contributed by atoms with Crippen LogP contribution in [-0.4, -0.2) is 23.8 Å². The molecule has 0 bridgehead atoms. The van der Waals surface area contributed by atoms with Crippen molar-refractivity contribution in [1.29, 1.82) is 0 Å². The van der Waals surface area contributed by atoms with E-state index in [0.717, 1.165) is 18.3 Å². The third-order valence-electron chi connectivity index (χ3n) is 0.845. The normalized spacial score (nSPS) is 12.0. The molecule has 2 nitrogen and oxygen atoms in total. The Morgan fingerprint density at radius 2 is 2.10 bits per heavy atom. The third-order valence-corrected chi connectivity index (χ3v) is 2.13. The van der Waals surface area contributed by atoms with Crippen LogP contribution in [0.5, 0.6) is 0 Å². The van der Waals surface area contributed by atoms with Gasteiger partial charge in [-0.25, -0.2) is 0 Å². The van der Waals surface area contributed by atoms with Crippen molar-refractivity contribution in [3.63, 3.8) is 0 Å². The van der Waals surface area contributed by atoms with Crippen molar-refractivity contribution in [3.05, 3.63) is 0 Å². The zero-order chi connectivity index (χ0) is 8.04. The highest BCUT2D eigenvalue weighted by Crippen LogP contribution is 2.09. The summed E-state index contributed by atoms with van der Waals surface area (Å²) in [5.41, 5.74) is 5.67. The fourth-order valence-electron chi connectivity index (χ4n) is 0.447. The van der Waals surface area contributed by atoms with E-state index in [0.29, 0.717) is 0 Å². The molecule has 0 atom stereocenters. The Morgan fingerprint density at radius 3 is 2.50 bits per heavy atom. The van der Waals surface area contributed by atoms with E-state index in [4.69, 9.17) is 10.5 Å². The van der Waals surface area contributed by atoms with Crippen molar-refractivity contribution in [3.8, 4) is 0 Å². The maximum atomic E-state index is 5.74. The van der Waals surface area contributed by atoms with Gasteiger partial charge in [-0.2, -0.15) is 0 Å². The largest absolute Gasteiger partial charge is 0.371 e. The molecular formula is C7H17NOS. The van der Waals surface area contributed by atoms with Crippen LogP contribution >= 0.6 is 11.8 Å². The first-order valence-electron chi connectivity index (χ1n) is 3.50. The van der Waals surface area contributed by atoms with Crippen molar-refractivity contribution in [2.45, 2.75) is 26.3 Å². The van der Waals surface area contributed by atoms with Crippen LogP contribution in [0.3, 0.4) is 0 Å². The van der Waals surface area contributed by atoms with Crippen LogP contribution in [-0.2, 0) is 4.74 Å². The van der Waals surface area contributed by atoms with Gasteiger partial charge in [0.1, 0.15) is 0 Å². The lowest BCUT2D eigenvalue weighted by Crippen LogP contribution is -2.34. The molecule has 62 valence electrons. The van der Waals surface area contributed by atoms with E-state index in [9.17, 15) is 0 Å². The van der Waals surface area contributed by atoms with Crippen LogP contribution in [0, 0.1) is 0 Å². The second-order valence-corrected chi connectivity index (χ2v) is 3.88. The zero-order valence-corrected chi connectivity index (χ0v) is 7.83. The summed E-state index contributed by atoms with van der Waals surface area (Å²) in [6, 6.07) is 0. The van der Waals surface area contributed by atoms with Gasteiger partial charge in [-0.15, -0.1) is 11.8 Å². The molecule has 0 aromatic rings. The number of hydrogen-bond acceptors (Lipinski definition) is 3. The fourth-order valence-corrected chi connectivity index (χ4v) is 1.34. The lowest BCUT2D eigenvalue weighted by molar-refractivity contribution is 0.199. The Labute approximate surface area is 67.5 Å².